The minimum atomic E-state index is -3.93. The summed E-state index contributed by atoms with van der Waals surface area (Å²) in [4.78, 5) is 20.7. The SMILES string of the molecule is CC(C)(C#N)c1nnc(-c2ccc3c(c2)N(Cc2ccc(-c4noc(N5CCC(F)(F)CC5)n4)cc2)C(=O)[C@@H](N)CS3(=O)=O)o1. The van der Waals surface area contributed by atoms with Crippen molar-refractivity contribution in [1.82, 2.24) is 20.3 Å². The number of carbonyl (C=O) groups is 1. The Labute approximate surface area is 256 Å². The quantitative estimate of drug-likeness (QED) is 0.325. The van der Waals surface area contributed by atoms with Crippen molar-refractivity contribution in [2.75, 3.05) is 28.6 Å². The van der Waals surface area contributed by atoms with E-state index in [0.29, 0.717) is 16.7 Å². The Kier molecular flexibility index (Phi) is 7.40. The second-order valence-electron chi connectivity index (χ2n) is 11.6. The van der Waals surface area contributed by atoms with Gasteiger partial charge in [0.05, 0.1) is 35.0 Å². The number of aromatic nitrogens is 4. The molecule has 13 nitrogen and oxygen atoms in total. The molecule has 2 aromatic heterocycles. The van der Waals surface area contributed by atoms with Gasteiger partial charge in [-0.25, -0.2) is 17.2 Å². The number of hydrogen-bond donors (Lipinski definition) is 1. The Morgan fingerprint density at radius 2 is 1.80 bits per heavy atom. The molecule has 0 bridgehead atoms. The zero-order valence-electron chi connectivity index (χ0n) is 24.3. The van der Waals surface area contributed by atoms with E-state index in [1.54, 1.807) is 43.0 Å². The number of nitrogens with two attached hydrogens (primary N) is 1. The third-order valence-corrected chi connectivity index (χ3v) is 9.60. The predicted molar refractivity (Wildman–Crippen MR) is 156 cm³/mol. The second-order valence-corrected chi connectivity index (χ2v) is 13.6. The molecule has 1 saturated heterocycles. The highest BCUT2D eigenvalue weighted by molar-refractivity contribution is 7.91. The van der Waals surface area contributed by atoms with Crippen molar-refractivity contribution >= 4 is 27.4 Å². The zero-order valence-corrected chi connectivity index (χ0v) is 25.1. The molecule has 0 unspecified atom stereocenters. The van der Waals surface area contributed by atoms with Crippen LogP contribution in [0.25, 0.3) is 22.8 Å². The van der Waals surface area contributed by atoms with Gasteiger partial charge in [0.25, 0.3) is 5.92 Å². The van der Waals surface area contributed by atoms with Gasteiger partial charge in [0, 0.05) is 37.1 Å². The van der Waals surface area contributed by atoms with Gasteiger partial charge in [0.2, 0.25) is 23.5 Å². The molecule has 0 spiro atoms. The third-order valence-electron chi connectivity index (χ3n) is 7.79. The summed E-state index contributed by atoms with van der Waals surface area (Å²) in [7, 11) is -3.93. The van der Waals surface area contributed by atoms with Crippen molar-refractivity contribution < 1.29 is 30.9 Å². The van der Waals surface area contributed by atoms with E-state index in [-0.39, 0.29) is 66.7 Å². The number of benzene rings is 2. The summed E-state index contributed by atoms with van der Waals surface area (Å²) in [6.45, 7) is 3.43. The van der Waals surface area contributed by atoms with Gasteiger partial charge in [-0.2, -0.15) is 10.2 Å². The van der Waals surface area contributed by atoms with Gasteiger partial charge < -0.3 is 24.5 Å². The van der Waals surface area contributed by atoms with Gasteiger partial charge in [0.15, 0.2) is 9.84 Å². The molecular weight excluding hydrogens is 610 g/mol. The van der Waals surface area contributed by atoms with E-state index >= 15 is 0 Å². The highest BCUT2D eigenvalue weighted by Gasteiger charge is 2.38. The fourth-order valence-corrected chi connectivity index (χ4v) is 6.63. The highest BCUT2D eigenvalue weighted by Crippen LogP contribution is 2.36. The van der Waals surface area contributed by atoms with Crippen LogP contribution in [0.5, 0.6) is 0 Å². The van der Waals surface area contributed by atoms with Crippen LogP contribution in [-0.2, 0) is 26.6 Å². The average molecular weight is 639 g/mol. The lowest BCUT2D eigenvalue weighted by Gasteiger charge is -2.29. The van der Waals surface area contributed by atoms with Crippen LogP contribution in [-0.4, -0.2) is 65.5 Å². The first kappa shape index (κ1) is 30.3. The topological polar surface area (TPSA) is 185 Å². The predicted octanol–water partition coefficient (Wildman–Crippen LogP) is 3.47. The molecule has 2 N–H and O–H groups in total. The normalized spacial score (nSPS) is 19.6. The molecule has 0 aliphatic carbocycles. The van der Waals surface area contributed by atoms with E-state index in [4.69, 9.17) is 14.7 Å². The highest BCUT2D eigenvalue weighted by atomic mass is 32.2. The van der Waals surface area contributed by atoms with Crippen LogP contribution in [0.2, 0.25) is 0 Å². The number of hydrogen-bond acceptors (Lipinski definition) is 12. The van der Waals surface area contributed by atoms with E-state index in [1.165, 1.54) is 23.1 Å². The molecule has 0 saturated carbocycles. The number of rotatable bonds is 6. The molecule has 16 heteroatoms. The monoisotopic (exact) mass is 638 g/mol. The summed E-state index contributed by atoms with van der Waals surface area (Å²) in [6, 6.07) is 12.2. The molecule has 2 aliphatic rings. The van der Waals surface area contributed by atoms with Gasteiger partial charge in [-0.3, -0.25) is 4.79 Å². The summed E-state index contributed by atoms with van der Waals surface area (Å²) in [6.07, 6.45) is -0.584. The van der Waals surface area contributed by atoms with Crippen LogP contribution in [0.15, 0.2) is 56.3 Å². The van der Waals surface area contributed by atoms with Gasteiger partial charge in [-0.1, -0.05) is 29.4 Å². The first-order valence-electron chi connectivity index (χ1n) is 14.0. The fourth-order valence-electron chi connectivity index (χ4n) is 5.07. The lowest BCUT2D eigenvalue weighted by Crippen LogP contribution is -2.45. The standard InChI is InChI=1S/C29H28F2N8O5S/c1-28(2,16-32)26-36-35-24(43-26)19-7-8-22-21(13-19)39(25(40)20(33)15-45(22,41)42)14-17-3-5-18(6-4-17)23-34-27(44-37-23)38-11-9-29(30,31)10-12-38/h3-8,13,20H,9-12,14-15,33H2,1-2H3/t20-/m0/s1. The van der Waals surface area contributed by atoms with E-state index in [9.17, 15) is 27.3 Å². The molecule has 2 aliphatic heterocycles. The van der Waals surface area contributed by atoms with Gasteiger partial charge in [0.1, 0.15) is 5.41 Å². The Morgan fingerprint density at radius 3 is 2.49 bits per heavy atom. The molecule has 1 atom stereocenters. The number of amides is 1. The summed E-state index contributed by atoms with van der Waals surface area (Å²) in [5.74, 6) is -3.46. The maximum atomic E-state index is 13.5. The van der Waals surface area contributed by atoms with Crippen molar-refractivity contribution in [1.29, 1.82) is 5.26 Å². The second kappa shape index (κ2) is 11.0. The molecule has 6 rings (SSSR count). The summed E-state index contributed by atoms with van der Waals surface area (Å²) >= 11 is 0. The van der Waals surface area contributed by atoms with Crippen molar-refractivity contribution in [3.8, 4) is 28.9 Å². The van der Waals surface area contributed by atoms with E-state index in [1.807, 2.05) is 0 Å². The number of anilines is 2. The average Bonchev–Trinajstić information content (AvgIpc) is 3.70. The first-order valence-corrected chi connectivity index (χ1v) is 15.7. The number of fused-ring (bicyclic) bond motifs is 1. The Morgan fingerprint density at radius 1 is 1.11 bits per heavy atom. The van der Waals surface area contributed by atoms with Crippen LogP contribution in [0.4, 0.5) is 20.5 Å². The van der Waals surface area contributed by atoms with E-state index in [2.05, 4.69) is 26.4 Å². The van der Waals surface area contributed by atoms with Crippen LogP contribution in [0.1, 0.15) is 38.1 Å². The van der Waals surface area contributed by atoms with Gasteiger partial charge in [-0.15, -0.1) is 10.2 Å². The maximum absolute atomic E-state index is 13.5. The minimum absolute atomic E-state index is 0.0190. The molecule has 2 aromatic carbocycles. The van der Waals surface area contributed by atoms with Gasteiger partial charge >= 0.3 is 6.01 Å². The maximum Gasteiger partial charge on any atom is 0.324 e. The molecule has 45 heavy (non-hydrogen) atoms. The first-order chi connectivity index (χ1) is 21.3. The Bertz CT molecular complexity index is 1910. The summed E-state index contributed by atoms with van der Waals surface area (Å²) in [5.41, 5.74) is 6.70. The number of halogens is 2. The lowest BCUT2D eigenvalue weighted by atomic mass is 9.96. The molecular formula is C29H28F2N8O5S. The molecule has 234 valence electrons. The fraction of sp³-hybridized carbons (Fsp3) is 0.379. The number of alkyl halides is 2. The van der Waals surface area contributed by atoms with Crippen LogP contribution >= 0.6 is 0 Å². The molecule has 1 amide bonds. The number of sulfone groups is 1. The van der Waals surface area contributed by atoms with Crippen molar-refractivity contribution in [2.24, 2.45) is 5.73 Å². The number of nitrogens with zero attached hydrogens (tertiary/aromatic N) is 7. The summed E-state index contributed by atoms with van der Waals surface area (Å²) in [5, 5.41) is 21.4. The van der Waals surface area contributed by atoms with Crippen molar-refractivity contribution in [3.63, 3.8) is 0 Å². The van der Waals surface area contributed by atoms with E-state index in [0.717, 1.165) is 0 Å². The largest absolute Gasteiger partial charge is 0.419 e. The number of carbonyl (C=O) groups excluding carboxylic acids is 1. The Hall–Kier alpha value is -4.75. The van der Waals surface area contributed by atoms with Crippen LogP contribution in [0.3, 0.4) is 0 Å². The lowest BCUT2D eigenvalue weighted by molar-refractivity contribution is -0.119. The smallest absolute Gasteiger partial charge is 0.324 e. The number of nitriles is 1. The van der Waals surface area contributed by atoms with Gasteiger partial charge in [-0.05, 0) is 37.6 Å². The Balaban J connectivity index is 1.28. The molecule has 1 fully saturated rings. The number of piperidine rings is 1. The van der Waals surface area contributed by atoms with Crippen LogP contribution < -0.4 is 15.5 Å². The van der Waals surface area contributed by atoms with Crippen molar-refractivity contribution in [3.05, 3.63) is 53.9 Å². The third kappa shape index (κ3) is 5.88. The molecule has 4 aromatic rings. The zero-order chi connectivity index (χ0) is 32.1. The summed E-state index contributed by atoms with van der Waals surface area (Å²) < 4.78 is 64.5. The van der Waals surface area contributed by atoms with Crippen molar-refractivity contribution in [2.45, 2.75) is 55.5 Å². The van der Waals surface area contributed by atoms with E-state index < -0.39 is 38.9 Å². The molecule has 4 heterocycles. The minimum Gasteiger partial charge on any atom is -0.419 e. The van der Waals surface area contributed by atoms with Crippen LogP contribution in [0, 0.1) is 11.3 Å². The molecule has 0 radical (unpaired) electrons.